The second-order valence-corrected chi connectivity index (χ2v) is 5.07. The molecule has 5 heteroatoms. The number of carbonyl (C=O) groups is 1. The van der Waals surface area contributed by atoms with E-state index in [2.05, 4.69) is 0 Å². The van der Waals surface area contributed by atoms with Gasteiger partial charge in [0.05, 0.1) is 6.42 Å². The van der Waals surface area contributed by atoms with E-state index in [1.54, 1.807) is 0 Å². The highest BCUT2D eigenvalue weighted by atomic mass is 16.6. The Morgan fingerprint density at radius 3 is 2.27 bits per heavy atom. The first-order chi connectivity index (χ1) is 7.01. The first kappa shape index (κ1) is 10.4. The second-order valence-electron chi connectivity index (χ2n) is 5.07. The molecule has 0 aromatic heterocycles. The predicted octanol–water partition coefficient (Wildman–Crippen LogP) is 1.54. The van der Waals surface area contributed by atoms with Gasteiger partial charge in [-0.3, -0.25) is 14.9 Å². The highest BCUT2D eigenvalue weighted by Gasteiger charge is 2.52. The lowest BCUT2D eigenvalue weighted by Gasteiger charge is -2.29. The van der Waals surface area contributed by atoms with E-state index in [0.29, 0.717) is 11.8 Å². The topological polar surface area (TPSA) is 80.4 Å². The van der Waals surface area contributed by atoms with E-state index in [1.165, 1.54) is 0 Å². The van der Waals surface area contributed by atoms with Crippen LogP contribution >= 0.6 is 0 Å². The molecule has 2 rings (SSSR count). The molecule has 0 saturated heterocycles. The highest BCUT2D eigenvalue weighted by molar-refractivity contribution is 5.67. The molecular weight excluding hydrogens is 198 g/mol. The number of fused-ring (bicyclic) bond motifs is 1. The Labute approximate surface area is 87.6 Å². The van der Waals surface area contributed by atoms with Crippen LogP contribution in [0.2, 0.25) is 0 Å². The van der Waals surface area contributed by atoms with Crippen LogP contribution in [-0.2, 0) is 4.79 Å². The molecule has 84 valence electrons. The van der Waals surface area contributed by atoms with Gasteiger partial charge in [0.2, 0.25) is 6.54 Å². The fourth-order valence-corrected chi connectivity index (χ4v) is 3.30. The second kappa shape index (κ2) is 3.47. The number of aliphatic carboxylic acids is 1. The van der Waals surface area contributed by atoms with Crippen LogP contribution < -0.4 is 0 Å². The largest absolute Gasteiger partial charge is 0.481 e. The van der Waals surface area contributed by atoms with E-state index in [-0.39, 0.29) is 17.9 Å². The van der Waals surface area contributed by atoms with E-state index in [9.17, 15) is 14.9 Å². The molecule has 3 atom stereocenters. The van der Waals surface area contributed by atoms with Gasteiger partial charge < -0.3 is 5.11 Å². The molecule has 15 heavy (non-hydrogen) atoms. The summed E-state index contributed by atoms with van der Waals surface area (Å²) in [7, 11) is 0. The van der Waals surface area contributed by atoms with Crippen LogP contribution in [0.1, 0.15) is 32.1 Å². The number of hydrogen-bond donors (Lipinski definition) is 1. The SMILES string of the molecule is O=C(O)C[C@@]1(C[N+](=O)[O-])C[C@H]2CC[C@H]2C1. The van der Waals surface area contributed by atoms with Gasteiger partial charge in [0.1, 0.15) is 0 Å². The minimum atomic E-state index is -0.904. The lowest BCUT2D eigenvalue weighted by atomic mass is 9.77. The monoisotopic (exact) mass is 213 g/mol. The van der Waals surface area contributed by atoms with Crippen molar-refractivity contribution in [2.24, 2.45) is 17.3 Å². The molecule has 0 spiro atoms. The average Bonchev–Trinajstić information content (AvgIpc) is 2.26. The van der Waals surface area contributed by atoms with Crippen LogP contribution in [0.15, 0.2) is 0 Å². The zero-order valence-corrected chi connectivity index (χ0v) is 8.52. The van der Waals surface area contributed by atoms with E-state index in [0.717, 1.165) is 25.7 Å². The van der Waals surface area contributed by atoms with Crippen molar-refractivity contribution < 1.29 is 14.8 Å². The lowest BCUT2D eigenvalue weighted by Crippen LogP contribution is -2.30. The average molecular weight is 213 g/mol. The van der Waals surface area contributed by atoms with Crippen LogP contribution in [0.25, 0.3) is 0 Å². The van der Waals surface area contributed by atoms with Gasteiger partial charge in [0.25, 0.3) is 0 Å². The molecular formula is C10H15NO4. The van der Waals surface area contributed by atoms with Gasteiger partial charge in [0, 0.05) is 10.3 Å². The Kier molecular flexibility index (Phi) is 2.40. The third kappa shape index (κ3) is 1.96. The molecule has 2 aliphatic rings. The molecule has 0 unspecified atom stereocenters. The predicted molar refractivity (Wildman–Crippen MR) is 52.0 cm³/mol. The van der Waals surface area contributed by atoms with Crippen molar-refractivity contribution in [2.45, 2.75) is 32.1 Å². The molecule has 0 bridgehead atoms. The van der Waals surface area contributed by atoms with Crippen LogP contribution in [0.5, 0.6) is 0 Å². The standard InChI is InChI=1S/C10H15NO4/c12-9(13)5-10(6-11(14)15)3-7-1-2-8(7)4-10/h7-8H,1-6H2,(H,12,13)/t7-,8+,10-. The Bertz CT molecular complexity index is 272. The molecule has 5 nitrogen and oxygen atoms in total. The maximum atomic E-state index is 10.8. The summed E-state index contributed by atoms with van der Waals surface area (Å²) in [6.07, 6.45) is 3.70. The lowest BCUT2D eigenvalue weighted by molar-refractivity contribution is -0.497. The van der Waals surface area contributed by atoms with Gasteiger partial charge in [-0.2, -0.15) is 0 Å². The third-order valence-electron chi connectivity index (χ3n) is 3.96. The van der Waals surface area contributed by atoms with E-state index in [1.807, 2.05) is 0 Å². The first-order valence-corrected chi connectivity index (χ1v) is 5.34. The molecule has 1 N–H and O–H groups in total. The van der Waals surface area contributed by atoms with Crippen LogP contribution in [0.4, 0.5) is 0 Å². The van der Waals surface area contributed by atoms with Gasteiger partial charge in [-0.05, 0) is 37.5 Å². The molecule has 0 aliphatic heterocycles. The van der Waals surface area contributed by atoms with Crippen LogP contribution in [0, 0.1) is 27.4 Å². The number of nitrogens with zero attached hydrogens (tertiary/aromatic N) is 1. The first-order valence-electron chi connectivity index (χ1n) is 5.34. The molecule has 0 amide bonds. The van der Waals surface area contributed by atoms with Crippen molar-refractivity contribution in [2.75, 3.05) is 6.54 Å². The zero-order valence-electron chi connectivity index (χ0n) is 8.52. The molecule has 0 aromatic rings. The van der Waals surface area contributed by atoms with Crippen molar-refractivity contribution >= 4 is 5.97 Å². The van der Waals surface area contributed by atoms with Gasteiger partial charge in [-0.15, -0.1) is 0 Å². The minimum absolute atomic E-state index is 0.0407. The van der Waals surface area contributed by atoms with Crippen LogP contribution in [-0.4, -0.2) is 22.5 Å². The van der Waals surface area contributed by atoms with Crippen LogP contribution in [0.3, 0.4) is 0 Å². The summed E-state index contributed by atoms with van der Waals surface area (Å²) in [5.41, 5.74) is -0.554. The number of carboxylic acid groups (broad SMARTS) is 1. The fourth-order valence-electron chi connectivity index (χ4n) is 3.30. The summed E-state index contributed by atoms with van der Waals surface area (Å²) in [4.78, 5) is 21.0. The number of rotatable bonds is 4. The Morgan fingerprint density at radius 1 is 1.40 bits per heavy atom. The van der Waals surface area contributed by atoms with Crippen molar-refractivity contribution in [3.8, 4) is 0 Å². The molecule has 2 saturated carbocycles. The number of hydrogen-bond acceptors (Lipinski definition) is 3. The van der Waals surface area contributed by atoms with Crippen molar-refractivity contribution in [1.82, 2.24) is 0 Å². The summed E-state index contributed by atoms with van der Waals surface area (Å²) >= 11 is 0. The number of carboxylic acids is 1. The molecule has 0 aromatic carbocycles. The minimum Gasteiger partial charge on any atom is -0.481 e. The highest BCUT2D eigenvalue weighted by Crippen LogP contribution is 2.56. The molecule has 2 fully saturated rings. The maximum absolute atomic E-state index is 10.8. The van der Waals surface area contributed by atoms with Crippen molar-refractivity contribution in [3.63, 3.8) is 0 Å². The maximum Gasteiger partial charge on any atom is 0.304 e. The van der Waals surface area contributed by atoms with E-state index >= 15 is 0 Å². The van der Waals surface area contributed by atoms with E-state index in [4.69, 9.17) is 5.11 Å². The summed E-state index contributed by atoms with van der Waals surface area (Å²) < 4.78 is 0. The Hall–Kier alpha value is -1.13. The summed E-state index contributed by atoms with van der Waals surface area (Å²) in [6, 6.07) is 0. The quantitative estimate of drug-likeness (QED) is 0.567. The number of nitro groups is 1. The molecule has 2 aliphatic carbocycles. The molecule has 0 heterocycles. The summed E-state index contributed by atoms with van der Waals surface area (Å²) in [6.45, 7) is -0.174. The molecule has 0 radical (unpaired) electrons. The Balaban J connectivity index is 2.08. The zero-order chi connectivity index (χ0) is 11.1. The summed E-state index contributed by atoms with van der Waals surface area (Å²) in [5, 5.41) is 19.4. The Morgan fingerprint density at radius 2 is 1.93 bits per heavy atom. The summed E-state index contributed by atoms with van der Waals surface area (Å²) in [5.74, 6) is 0.215. The van der Waals surface area contributed by atoms with Gasteiger partial charge in [-0.25, -0.2) is 0 Å². The smallest absolute Gasteiger partial charge is 0.304 e. The van der Waals surface area contributed by atoms with Crippen molar-refractivity contribution in [3.05, 3.63) is 10.1 Å². The van der Waals surface area contributed by atoms with Crippen molar-refractivity contribution in [1.29, 1.82) is 0 Å². The normalized spacial score (nSPS) is 38.1. The van der Waals surface area contributed by atoms with Gasteiger partial charge >= 0.3 is 5.97 Å². The fraction of sp³-hybridized carbons (Fsp3) is 0.900. The third-order valence-corrected chi connectivity index (χ3v) is 3.96. The van der Waals surface area contributed by atoms with E-state index < -0.39 is 11.4 Å². The van der Waals surface area contributed by atoms with Gasteiger partial charge in [-0.1, -0.05) is 0 Å². The van der Waals surface area contributed by atoms with Gasteiger partial charge in [0.15, 0.2) is 0 Å².